The van der Waals surface area contributed by atoms with Crippen LogP contribution in [0.1, 0.15) is 31.0 Å². The molecule has 0 bridgehead atoms. The normalized spacial score (nSPS) is 11.2. The van der Waals surface area contributed by atoms with Gasteiger partial charge < -0.3 is 0 Å². The van der Waals surface area contributed by atoms with Crippen LogP contribution in [0.3, 0.4) is 0 Å². The molecule has 172 valence electrons. The van der Waals surface area contributed by atoms with E-state index in [2.05, 4.69) is 42.6 Å². The van der Waals surface area contributed by atoms with E-state index in [4.69, 9.17) is 0 Å². The number of H-pyrrole nitrogens is 1. The fourth-order valence-electron chi connectivity index (χ4n) is 4.08. The molecule has 0 aliphatic heterocycles. The second kappa shape index (κ2) is 9.22. The molecule has 4 aromatic heterocycles. The number of aromatic nitrogens is 10. The lowest BCUT2D eigenvalue weighted by Crippen LogP contribution is -2.26. The van der Waals surface area contributed by atoms with E-state index in [9.17, 15) is 4.79 Å². The minimum Gasteiger partial charge on any atom is -0.291 e. The molecular formula is C23H24N10O. The zero-order chi connectivity index (χ0) is 23.5. The SMILES string of the molecule is CCCCc1cn(-c2ncnn2C)c(=O)n1Cc1cnccc1-c1ccccc1-c1nn[nH]n1. The minimum atomic E-state index is -0.163. The summed E-state index contributed by atoms with van der Waals surface area (Å²) in [6, 6.07) is 9.81. The first kappa shape index (κ1) is 21.4. The van der Waals surface area contributed by atoms with Crippen molar-refractivity contribution in [1.82, 2.24) is 49.5 Å². The summed E-state index contributed by atoms with van der Waals surface area (Å²) in [6.07, 6.45) is 9.65. The number of tetrazole rings is 1. The average Bonchev–Trinajstić information content (AvgIpc) is 3.60. The molecule has 0 saturated heterocycles. The molecule has 0 radical (unpaired) electrons. The van der Waals surface area contributed by atoms with Crippen molar-refractivity contribution in [2.45, 2.75) is 32.7 Å². The number of imidazole rings is 1. The highest BCUT2D eigenvalue weighted by Gasteiger charge is 2.19. The van der Waals surface area contributed by atoms with Gasteiger partial charge in [0, 0.05) is 36.9 Å². The van der Waals surface area contributed by atoms with Crippen LogP contribution in [0.25, 0.3) is 28.5 Å². The number of unbranched alkanes of at least 4 members (excludes halogenated alkanes) is 1. The Bertz CT molecular complexity index is 1460. The van der Waals surface area contributed by atoms with Crippen LogP contribution in [0.15, 0.2) is 60.0 Å². The van der Waals surface area contributed by atoms with E-state index >= 15 is 0 Å². The van der Waals surface area contributed by atoms with Gasteiger partial charge in [0.05, 0.1) is 6.54 Å². The van der Waals surface area contributed by atoms with Crippen LogP contribution in [0.2, 0.25) is 0 Å². The first-order chi connectivity index (χ1) is 16.7. The maximum absolute atomic E-state index is 13.5. The summed E-state index contributed by atoms with van der Waals surface area (Å²) in [6.45, 7) is 2.50. The van der Waals surface area contributed by atoms with Crippen molar-refractivity contribution in [3.8, 4) is 28.5 Å². The van der Waals surface area contributed by atoms with Crippen LogP contribution in [-0.4, -0.2) is 49.5 Å². The van der Waals surface area contributed by atoms with Crippen molar-refractivity contribution >= 4 is 0 Å². The predicted octanol–water partition coefficient (Wildman–Crippen LogP) is 2.40. The van der Waals surface area contributed by atoms with E-state index in [1.807, 2.05) is 36.5 Å². The zero-order valence-corrected chi connectivity index (χ0v) is 19.0. The van der Waals surface area contributed by atoms with Crippen molar-refractivity contribution in [2.75, 3.05) is 0 Å². The van der Waals surface area contributed by atoms with E-state index < -0.39 is 0 Å². The first-order valence-corrected chi connectivity index (χ1v) is 11.1. The molecule has 5 rings (SSSR count). The topological polar surface area (TPSA) is 125 Å². The van der Waals surface area contributed by atoms with E-state index in [0.29, 0.717) is 18.3 Å². The number of benzene rings is 1. The van der Waals surface area contributed by atoms with Crippen LogP contribution < -0.4 is 5.69 Å². The standard InChI is InChI=1S/C23H24N10O/c1-3-4-7-17-14-33(22-25-15-26-31(22)2)23(34)32(17)13-16-12-24-11-10-18(16)19-8-5-6-9-20(19)21-27-29-30-28-21/h5-6,8-12,14-15H,3-4,7,13H2,1-2H3,(H,27,28,29,30). The molecular weight excluding hydrogens is 432 g/mol. The third-order valence-corrected chi connectivity index (χ3v) is 5.79. The van der Waals surface area contributed by atoms with E-state index in [1.54, 1.807) is 33.3 Å². The van der Waals surface area contributed by atoms with Crippen molar-refractivity contribution < 1.29 is 0 Å². The maximum Gasteiger partial charge on any atom is 0.335 e. The zero-order valence-electron chi connectivity index (χ0n) is 19.0. The number of hydrogen-bond donors (Lipinski definition) is 1. The Morgan fingerprint density at radius 2 is 1.94 bits per heavy atom. The lowest BCUT2D eigenvalue weighted by molar-refractivity contribution is 0.661. The Kier molecular flexibility index (Phi) is 5.81. The van der Waals surface area contributed by atoms with Crippen molar-refractivity contribution in [3.05, 3.63) is 77.0 Å². The lowest BCUT2D eigenvalue weighted by Gasteiger charge is -2.13. The van der Waals surface area contributed by atoms with Gasteiger partial charge in [0.15, 0.2) is 0 Å². The third kappa shape index (κ3) is 3.91. The number of rotatable bonds is 8. The second-order valence-electron chi connectivity index (χ2n) is 7.96. The van der Waals surface area contributed by atoms with Gasteiger partial charge in [-0.05, 0) is 40.8 Å². The first-order valence-electron chi connectivity index (χ1n) is 11.1. The number of hydrogen-bond acceptors (Lipinski definition) is 7. The Morgan fingerprint density at radius 3 is 2.68 bits per heavy atom. The average molecular weight is 457 g/mol. The van der Waals surface area contributed by atoms with Gasteiger partial charge in [-0.3, -0.25) is 9.55 Å². The molecule has 0 amide bonds. The highest BCUT2D eigenvalue weighted by atomic mass is 16.2. The van der Waals surface area contributed by atoms with Crippen molar-refractivity contribution in [3.63, 3.8) is 0 Å². The number of nitrogens with one attached hydrogen (secondary N) is 1. The fraction of sp³-hybridized carbons (Fsp3) is 0.261. The summed E-state index contributed by atoms with van der Waals surface area (Å²) < 4.78 is 4.94. The van der Waals surface area contributed by atoms with Gasteiger partial charge in [-0.25, -0.2) is 14.0 Å². The van der Waals surface area contributed by atoms with Crippen molar-refractivity contribution in [1.29, 1.82) is 0 Å². The number of aromatic amines is 1. The molecule has 0 saturated carbocycles. The molecule has 1 N–H and O–H groups in total. The van der Waals surface area contributed by atoms with Crippen LogP contribution in [-0.2, 0) is 20.0 Å². The number of nitrogens with zero attached hydrogens (tertiary/aromatic N) is 9. The lowest BCUT2D eigenvalue weighted by atomic mass is 9.96. The fourth-order valence-corrected chi connectivity index (χ4v) is 4.08. The van der Waals surface area contributed by atoms with E-state index in [0.717, 1.165) is 47.2 Å². The smallest absolute Gasteiger partial charge is 0.291 e. The van der Waals surface area contributed by atoms with Crippen LogP contribution in [0, 0.1) is 0 Å². The molecule has 0 spiro atoms. The van der Waals surface area contributed by atoms with Crippen LogP contribution in [0.5, 0.6) is 0 Å². The van der Waals surface area contributed by atoms with E-state index in [-0.39, 0.29) is 5.69 Å². The summed E-state index contributed by atoms with van der Waals surface area (Å²) in [5.74, 6) is 0.989. The number of aryl methyl sites for hydroxylation is 2. The molecule has 5 aromatic rings. The van der Waals surface area contributed by atoms with Gasteiger partial charge in [-0.15, -0.1) is 10.2 Å². The summed E-state index contributed by atoms with van der Waals surface area (Å²) in [5.41, 5.74) is 4.43. The van der Waals surface area contributed by atoms with Gasteiger partial charge in [0.2, 0.25) is 11.8 Å². The Morgan fingerprint density at radius 1 is 1.09 bits per heavy atom. The molecule has 0 aliphatic carbocycles. The van der Waals surface area contributed by atoms with E-state index in [1.165, 1.54) is 6.33 Å². The highest BCUT2D eigenvalue weighted by Crippen LogP contribution is 2.32. The molecule has 11 heteroatoms. The molecule has 34 heavy (non-hydrogen) atoms. The highest BCUT2D eigenvalue weighted by molar-refractivity contribution is 5.81. The van der Waals surface area contributed by atoms with Gasteiger partial charge in [-0.2, -0.15) is 15.3 Å². The predicted molar refractivity (Wildman–Crippen MR) is 125 cm³/mol. The Balaban J connectivity index is 1.61. The van der Waals surface area contributed by atoms with Crippen molar-refractivity contribution in [2.24, 2.45) is 7.05 Å². The molecule has 0 atom stereocenters. The quantitative estimate of drug-likeness (QED) is 0.380. The van der Waals surface area contributed by atoms with Gasteiger partial charge in [0.25, 0.3) is 0 Å². The molecule has 4 heterocycles. The van der Waals surface area contributed by atoms with Crippen LogP contribution in [0.4, 0.5) is 0 Å². The second-order valence-corrected chi connectivity index (χ2v) is 7.96. The molecule has 0 unspecified atom stereocenters. The monoisotopic (exact) mass is 456 g/mol. The summed E-state index contributed by atoms with van der Waals surface area (Å²) in [5, 5.41) is 18.6. The van der Waals surface area contributed by atoms with Gasteiger partial charge >= 0.3 is 5.69 Å². The summed E-state index contributed by atoms with van der Waals surface area (Å²) in [4.78, 5) is 22.1. The molecule has 0 fully saturated rings. The maximum atomic E-state index is 13.5. The Labute approximate surface area is 195 Å². The third-order valence-electron chi connectivity index (χ3n) is 5.79. The molecule has 11 nitrogen and oxygen atoms in total. The van der Waals surface area contributed by atoms with Crippen LogP contribution >= 0.6 is 0 Å². The number of pyridine rings is 1. The summed E-state index contributed by atoms with van der Waals surface area (Å²) in [7, 11) is 1.77. The van der Waals surface area contributed by atoms with Gasteiger partial charge in [0.1, 0.15) is 6.33 Å². The molecule has 0 aliphatic rings. The van der Waals surface area contributed by atoms with Gasteiger partial charge in [-0.1, -0.05) is 37.6 Å². The molecule has 1 aromatic carbocycles. The summed E-state index contributed by atoms with van der Waals surface area (Å²) >= 11 is 0. The minimum absolute atomic E-state index is 0.163. The Hall–Kier alpha value is -4.41. The largest absolute Gasteiger partial charge is 0.335 e.